The first-order valence-electron chi connectivity index (χ1n) is 8.58. The zero-order valence-corrected chi connectivity index (χ0v) is 15.4. The number of hydrogen-bond acceptors (Lipinski definition) is 6. The molecule has 0 fully saturated rings. The number of methoxy groups -OCH3 is 1. The van der Waals surface area contributed by atoms with Crippen LogP contribution in [0.4, 0.5) is 0 Å². The van der Waals surface area contributed by atoms with Gasteiger partial charge >= 0.3 is 5.97 Å². The van der Waals surface area contributed by atoms with Gasteiger partial charge in [0.2, 0.25) is 5.78 Å². The van der Waals surface area contributed by atoms with Gasteiger partial charge in [-0.1, -0.05) is 18.2 Å². The van der Waals surface area contributed by atoms with Crippen LogP contribution in [-0.2, 0) is 9.53 Å². The van der Waals surface area contributed by atoms with Gasteiger partial charge in [-0.2, -0.15) is 0 Å². The Morgan fingerprint density at radius 2 is 2.00 bits per heavy atom. The fourth-order valence-electron chi connectivity index (χ4n) is 2.69. The lowest BCUT2D eigenvalue weighted by Gasteiger charge is -2.12. The smallest absolute Gasteiger partial charge is 0.346 e. The molecule has 0 spiro atoms. The molecule has 2 aromatic rings. The molecular formula is C21H20O6. The standard InChI is InChI=1S/C21H20O6/c1-4-25-17-8-6-5-7-14(17)11-19-20(22)16-10-9-15(12-18(16)27-19)26-13(2)21(23)24-3/h5-13H,4H2,1-3H3/b19-11-/t13-/m1/s1. The Hall–Kier alpha value is -3.28. The van der Waals surface area contributed by atoms with Crippen LogP contribution in [0.25, 0.3) is 6.08 Å². The summed E-state index contributed by atoms with van der Waals surface area (Å²) in [6, 6.07) is 12.2. The number of para-hydroxylation sites is 1. The van der Waals surface area contributed by atoms with Gasteiger partial charge in [-0.3, -0.25) is 4.79 Å². The Morgan fingerprint density at radius 3 is 2.74 bits per heavy atom. The third-order valence-electron chi connectivity index (χ3n) is 3.99. The number of benzene rings is 2. The van der Waals surface area contributed by atoms with Crippen molar-refractivity contribution in [3.05, 3.63) is 59.4 Å². The number of ether oxygens (including phenoxy) is 4. The van der Waals surface area contributed by atoms with Crippen molar-refractivity contribution in [3.63, 3.8) is 0 Å². The maximum absolute atomic E-state index is 12.6. The molecule has 0 aromatic heterocycles. The van der Waals surface area contributed by atoms with Gasteiger partial charge in [0.15, 0.2) is 11.9 Å². The zero-order chi connectivity index (χ0) is 19.4. The minimum atomic E-state index is -0.766. The second-order valence-electron chi connectivity index (χ2n) is 5.85. The first-order valence-corrected chi connectivity index (χ1v) is 8.58. The lowest BCUT2D eigenvalue weighted by molar-refractivity contribution is -0.147. The monoisotopic (exact) mass is 368 g/mol. The topological polar surface area (TPSA) is 71.1 Å². The molecule has 0 unspecified atom stereocenters. The first-order chi connectivity index (χ1) is 13.0. The van der Waals surface area contributed by atoms with Crippen LogP contribution in [-0.4, -0.2) is 31.6 Å². The number of fused-ring (bicyclic) bond motifs is 1. The minimum Gasteiger partial charge on any atom is -0.493 e. The van der Waals surface area contributed by atoms with Gasteiger partial charge in [-0.25, -0.2) is 4.79 Å². The molecular weight excluding hydrogens is 348 g/mol. The predicted octanol–water partition coefficient (Wildman–Crippen LogP) is 3.64. The number of ketones is 1. The van der Waals surface area contributed by atoms with Gasteiger partial charge in [-0.15, -0.1) is 0 Å². The van der Waals surface area contributed by atoms with Gasteiger partial charge in [-0.05, 0) is 38.1 Å². The lowest BCUT2D eigenvalue weighted by Crippen LogP contribution is -2.24. The van der Waals surface area contributed by atoms with Crippen LogP contribution in [0.5, 0.6) is 17.2 Å². The maximum atomic E-state index is 12.6. The average molecular weight is 368 g/mol. The van der Waals surface area contributed by atoms with Crippen LogP contribution >= 0.6 is 0 Å². The molecule has 0 N–H and O–H groups in total. The summed E-state index contributed by atoms with van der Waals surface area (Å²) in [6.45, 7) is 4.00. The predicted molar refractivity (Wildman–Crippen MR) is 99.1 cm³/mol. The zero-order valence-electron chi connectivity index (χ0n) is 15.4. The van der Waals surface area contributed by atoms with E-state index in [0.29, 0.717) is 29.4 Å². The van der Waals surface area contributed by atoms with E-state index in [4.69, 9.17) is 14.2 Å². The van der Waals surface area contributed by atoms with Crippen LogP contribution in [0, 0.1) is 0 Å². The molecule has 1 aliphatic heterocycles. The summed E-state index contributed by atoms with van der Waals surface area (Å²) >= 11 is 0. The van der Waals surface area contributed by atoms with Crippen LogP contribution in [0.1, 0.15) is 29.8 Å². The fourth-order valence-corrected chi connectivity index (χ4v) is 2.69. The van der Waals surface area contributed by atoms with E-state index >= 15 is 0 Å². The van der Waals surface area contributed by atoms with Gasteiger partial charge in [0, 0.05) is 11.6 Å². The van der Waals surface area contributed by atoms with E-state index in [0.717, 1.165) is 5.56 Å². The summed E-state index contributed by atoms with van der Waals surface area (Å²) in [5.74, 6) is 0.973. The molecule has 6 nitrogen and oxygen atoms in total. The molecule has 1 heterocycles. The molecule has 1 aliphatic rings. The van der Waals surface area contributed by atoms with Crippen molar-refractivity contribution < 1.29 is 28.5 Å². The summed E-state index contributed by atoms with van der Waals surface area (Å²) in [5, 5.41) is 0. The second-order valence-corrected chi connectivity index (χ2v) is 5.85. The maximum Gasteiger partial charge on any atom is 0.346 e. The minimum absolute atomic E-state index is 0.204. The van der Waals surface area contributed by atoms with E-state index in [-0.39, 0.29) is 11.5 Å². The van der Waals surface area contributed by atoms with E-state index in [1.165, 1.54) is 7.11 Å². The van der Waals surface area contributed by atoms with Gasteiger partial charge in [0.1, 0.15) is 17.2 Å². The third-order valence-corrected chi connectivity index (χ3v) is 3.99. The number of esters is 1. The van der Waals surface area contributed by atoms with E-state index in [9.17, 15) is 9.59 Å². The van der Waals surface area contributed by atoms with Gasteiger partial charge in [0.05, 0.1) is 19.3 Å². The van der Waals surface area contributed by atoms with Crippen molar-refractivity contribution >= 4 is 17.8 Å². The van der Waals surface area contributed by atoms with Crippen LogP contribution in [0.3, 0.4) is 0 Å². The van der Waals surface area contributed by atoms with Crippen molar-refractivity contribution in [1.82, 2.24) is 0 Å². The van der Waals surface area contributed by atoms with Crippen molar-refractivity contribution in [2.75, 3.05) is 13.7 Å². The van der Waals surface area contributed by atoms with E-state index in [1.807, 2.05) is 31.2 Å². The van der Waals surface area contributed by atoms with Gasteiger partial charge in [0.25, 0.3) is 0 Å². The highest BCUT2D eigenvalue weighted by Gasteiger charge is 2.28. The molecule has 2 aromatic carbocycles. The third kappa shape index (κ3) is 3.95. The SMILES string of the molecule is CCOc1ccccc1/C=C1\Oc2cc(O[C@H](C)C(=O)OC)ccc2C1=O. The molecule has 6 heteroatoms. The number of allylic oxidation sites excluding steroid dienone is 1. The Balaban J connectivity index is 1.84. The number of carbonyl (C=O) groups excluding carboxylic acids is 2. The summed E-state index contributed by atoms with van der Waals surface area (Å²) in [4.78, 5) is 24.1. The summed E-state index contributed by atoms with van der Waals surface area (Å²) in [6.07, 6.45) is 0.892. The Labute approximate surface area is 157 Å². The van der Waals surface area contributed by atoms with Crippen molar-refractivity contribution in [3.8, 4) is 17.2 Å². The van der Waals surface area contributed by atoms with Crippen LogP contribution < -0.4 is 14.2 Å². The van der Waals surface area contributed by atoms with E-state index in [2.05, 4.69) is 4.74 Å². The van der Waals surface area contributed by atoms with E-state index < -0.39 is 12.1 Å². The highest BCUT2D eigenvalue weighted by atomic mass is 16.6. The Kier molecular flexibility index (Phi) is 5.45. The molecule has 0 saturated heterocycles. The molecule has 0 saturated carbocycles. The fraction of sp³-hybridized carbons (Fsp3) is 0.238. The molecule has 1 atom stereocenters. The second kappa shape index (κ2) is 7.95. The number of carbonyl (C=O) groups is 2. The molecule has 140 valence electrons. The Bertz CT molecular complexity index is 899. The summed E-state index contributed by atoms with van der Waals surface area (Å²) in [5.41, 5.74) is 1.19. The highest BCUT2D eigenvalue weighted by Crippen LogP contribution is 2.36. The molecule has 27 heavy (non-hydrogen) atoms. The highest BCUT2D eigenvalue weighted by molar-refractivity contribution is 6.14. The molecule has 0 bridgehead atoms. The molecule has 0 radical (unpaired) electrons. The normalized spacial score (nSPS) is 15.1. The molecule has 0 amide bonds. The van der Waals surface area contributed by atoms with Crippen molar-refractivity contribution in [1.29, 1.82) is 0 Å². The van der Waals surface area contributed by atoms with Gasteiger partial charge < -0.3 is 18.9 Å². The lowest BCUT2D eigenvalue weighted by atomic mass is 10.1. The quantitative estimate of drug-likeness (QED) is 0.573. The molecule has 3 rings (SSSR count). The van der Waals surface area contributed by atoms with Crippen molar-refractivity contribution in [2.24, 2.45) is 0 Å². The number of hydrogen-bond donors (Lipinski definition) is 0. The first kappa shape index (κ1) is 18.5. The van der Waals surface area contributed by atoms with Crippen molar-refractivity contribution in [2.45, 2.75) is 20.0 Å². The Morgan fingerprint density at radius 1 is 1.22 bits per heavy atom. The largest absolute Gasteiger partial charge is 0.493 e. The van der Waals surface area contributed by atoms with Crippen LogP contribution in [0.2, 0.25) is 0 Å². The average Bonchev–Trinajstić information content (AvgIpc) is 2.97. The van der Waals surface area contributed by atoms with Crippen LogP contribution in [0.15, 0.2) is 48.2 Å². The number of Topliss-reactive ketones (excluding diaryl/α,β-unsaturated/α-hetero) is 1. The molecule has 0 aliphatic carbocycles. The summed E-state index contributed by atoms with van der Waals surface area (Å²) in [7, 11) is 1.30. The summed E-state index contributed by atoms with van der Waals surface area (Å²) < 4.78 is 21.5. The van der Waals surface area contributed by atoms with E-state index in [1.54, 1.807) is 31.2 Å². The number of rotatable bonds is 6.